The largest absolute Gasteiger partial charge is 0.362 e. The number of thiazole rings is 1. The summed E-state index contributed by atoms with van der Waals surface area (Å²) in [5.41, 5.74) is 2.72. The molecule has 1 fully saturated rings. The fourth-order valence-corrected chi connectivity index (χ4v) is 4.09. The highest BCUT2D eigenvalue weighted by Crippen LogP contribution is 2.41. The van der Waals surface area contributed by atoms with Crippen LogP contribution in [0.1, 0.15) is 43.9 Å². The van der Waals surface area contributed by atoms with Gasteiger partial charge in [0.05, 0.1) is 5.69 Å². The van der Waals surface area contributed by atoms with E-state index in [1.807, 2.05) is 0 Å². The predicted octanol–water partition coefficient (Wildman–Crippen LogP) is 4.02. The number of rotatable bonds is 6. The van der Waals surface area contributed by atoms with Crippen LogP contribution < -0.4 is 10.6 Å². The lowest BCUT2D eigenvalue weighted by Gasteiger charge is -2.37. The molecule has 1 aromatic heterocycles. The third kappa shape index (κ3) is 3.18. The van der Waals surface area contributed by atoms with Gasteiger partial charge in [-0.1, -0.05) is 43.7 Å². The Kier molecular flexibility index (Phi) is 5.11. The molecule has 4 heteroatoms. The van der Waals surface area contributed by atoms with Gasteiger partial charge in [0.2, 0.25) is 0 Å². The standard InChI is InChI=1S/C18H25N3S/c1-2-3-11-20-17-21-16(14-22-17)18(9-12-19-13-10-18)15-7-5-4-6-8-15/h4-8,14,19H,2-3,9-13H2,1H3,(H,20,21). The van der Waals surface area contributed by atoms with Gasteiger partial charge in [0.15, 0.2) is 5.13 Å². The molecule has 0 spiro atoms. The van der Waals surface area contributed by atoms with Gasteiger partial charge in [0.25, 0.3) is 0 Å². The van der Waals surface area contributed by atoms with Crippen molar-refractivity contribution in [2.75, 3.05) is 25.0 Å². The Morgan fingerprint density at radius 2 is 2.00 bits per heavy atom. The molecule has 1 aliphatic rings. The number of nitrogens with zero attached hydrogens (tertiary/aromatic N) is 1. The van der Waals surface area contributed by atoms with E-state index < -0.39 is 0 Å². The fourth-order valence-electron chi connectivity index (χ4n) is 3.25. The van der Waals surface area contributed by atoms with E-state index in [2.05, 4.69) is 53.3 Å². The maximum absolute atomic E-state index is 4.93. The zero-order valence-corrected chi connectivity index (χ0v) is 14.1. The molecule has 0 unspecified atom stereocenters. The second-order valence-corrected chi connectivity index (χ2v) is 6.87. The second-order valence-electron chi connectivity index (χ2n) is 6.02. The van der Waals surface area contributed by atoms with Crippen molar-refractivity contribution in [3.05, 3.63) is 47.0 Å². The highest BCUT2D eigenvalue weighted by Gasteiger charge is 2.37. The lowest BCUT2D eigenvalue weighted by molar-refractivity contribution is 0.356. The van der Waals surface area contributed by atoms with E-state index in [0.29, 0.717) is 0 Å². The van der Waals surface area contributed by atoms with Crippen LogP contribution in [0.2, 0.25) is 0 Å². The van der Waals surface area contributed by atoms with Crippen molar-refractivity contribution in [1.82, 2.24) is 10.3 Å². The molecule has 0 saturated carbocycles. The van der Waals surface area contributed by atoms with Crippen LogP contribution >= 0.6 is 11.3 Å². The number of anilines is 1. The van der Waals surface area contributed by atoms with E-state index in [-0.39, 0.29) is 5.41 Å². The van der Waals surface area contributed by atoms with Gasteiger partial charge >= 0.3 is 0 Å². The maximum Gasteiger partial charge on any atom is 0.182 e. The highest BCUT2D eigenvalue weighted by atomic mass is 32.1. The molecule has 0 atom stereocenters. The van der Waals surface area contributed by atoms with Crippen LogP contribution in [0.3, 0.4) is 0 Å². The van der Waals surface area contributed by atoms with Gasteiger partial charge in [-0.3, -0.25) is 0 Å². The van der Waals surface area contributed by atoms with Crippen LogP contribution in [0.5, 0.6) is 0 Å². The first-order valence-corrected chi connectivity index (χ1v) is 9.19. The van der Waals surface area contributed by atoms with E-state index in [9.17, 15) is 0 Å². The number of piperidine rings is 1. The highest BCUT2D eigenvalue weighted by molar-refractivity contribution is 7.13. The van der Waals surface area contributed by atoms with E-state index in [1.165, 1.54) is 24.1 Å². The first-order chi connectivity index (χ1) is 10.8. The summed E-state index contributed by atoms with van der Waals surface area (Å²) in [5, 5.41) is 10.3. The summed E-state index contributed by atoms with van der Waals surface area (Å²) in [6.45, 7) is 5.35. The molecule has 1 saturated heterocycles. The molecule has 0 amide bonds. The van der Waals surface area contributed by atoms with E-state index in [1.54, 1.807) is 11.3 Å². The quantitative estimate of drug-likeness (QED) is 0.790. The molecular weight excluding hydrogens is 290 g/mol. The normalized spacial score (nSPS) is 17.3. The van der Waals surface area contributed by atoms with E-state index >= 15 is 0 Å². The summed E-state index contributed by atoms with van der Waals surface area (Å²) in [7, 11) is 0. The fraction of sp³-hybridized carbons (Fsp3) is 0.500. The number of hydrogen-bond acceptors (Lipinski definition) is 4. The second kappa shape index (κ2) is 7.25. The van der Waals surface area contributed by atoms with Crippen LogP contribution in [-0.2, 0) is 5.41 Å². The van der Waals surface area contributed by atoms with Gasteiger partial charge in [0.1, 0.15) is 0 Å². The van der Waals surface area contributed by atoms with Crippen molar-refractivity contribution in [3.63, 3.8) is 0 Å². The Morgan fingerprint density at radius 3 is 2.73 bits per heavy atom. The van der Waals surface area contributed by atoms with Crippen LogP contribution in [0.4, 0.5) is 5.13 Å². The van der Waals surface area contributed by atoms with Crippen molar-refractivity contribution in [2.45, 2.75) is 38.0 Å². The predicted molar refractivity (Wildman–Crippen MR) is 94.8 cm³/mol. The van der Waals surface area contributed by atoms with Gasteiger partial charge in [-0.25, -0.2) is 4.98 Å². The Morgan fingerprint density at radius 1 is 1.23 bits per heavy atom. The molecule has 3 nitrogen and oxygen atoms in total. The number of hydrogen-bond donors (Lipinski definition) is 2. The van der Waals surface area contributed by atoms with Crippen LogP contribution in [0.15, 0.2) is 35.7 Å². The first kappa shape index (κ1) is 15.5. The molecule has 1 aliphatic heterocycles. The number of nitrogens with one attached hydrogen (secondary N) is 2. The molecular formula is C18H25N3S. The van der Waals surface area contributed by atoms with Crippen molar-refractivity contribution >= 4 is 16.5 Å². The van der Waals surface area contributed by atoms with Crippen molar-refractivity contribution < 1.29 is 0 Å². The smallest absolute Gasteiger partial charge is 0.182 e. The third-order valence-electron chi connectivity index (χ3n) is 4.58. The summed E-state index contributed by atoms with van der Waals surface area (Å²) in [4.78, 5) is 4.93. The summed E-state index contributed by atoms with van der Waals surface area (Å²) in [5.74, 6) is 0. The van der Waals surface area contributed by atoms with E-state index in [4.69, 9.17) is 4.98 Å². The molecule has 0 bridgehead atoms. The number of benzene rings is 1. The molecule has 2 heterocycles. The molecule has 118 valence electrons. The molecule has 2 N–H and O–H groups in total. The summed E-state index contributed by atoms with van der Waals surface area (Å²) >= 11 is 1.74. The minimum Gasteiger partial charge on any atom is -0.362 e. The minimum atomic E-state index is 0.0771. The molecule has 0 radical (unpaired) electrons. The average Bonchev–Trinajstić information content (AvgIpc) is 3.06. The first-order valence-electron chi connectivity index (χ1n) is 8.31. The van der Waals surface area contributed by atoms with Crippen molar-refractivity contribution in [2.24, 2.45) is 0 Å². The zero-order chi connectivity index (χ0) is 15.3. The van der Waals surface area contributed by atoms with Crippen molar-refractivity contribution in [1.29, 1.82) is 0 Å². The van der Waals surface area contributed by atoms with Crippen LogP contribution in [0, 0.1) is 0 Å². The van der Waals surface area contributed by atoms with E-state index in [0.717, 1.165) is 37.6 Å². The maximum atomic E-state index is 4.93. The number of aromatic nitrogens is 1. The minimum absolute atomic E-state index is 0.0771. The van der Waals surface area contributed by atoms with Crippen LogP contribution in [0.25, 0.3) is 0 Å². The van der Waals surface area contributed by atoms with Gasteiger partial charge in [0, 0.05) is 17.3 Å². The Hall–Kier alpha value is -1.39. The van der Waals surface area contributed by atoms with Crippen molar-refractivity contribution in [3.8, 4) is 0 Å². The summed E-state index contributed by atoms with van der Waals surface area (Å²) in [6, 6.07) is 10.9. The van der Waals surface area contributed by atoms with Gasteiger partial charge < -0.3 is 10.6 Å². The molecule has 0 aliphatic carbocycles. The Labute approximate surface area is 137 Å². The Bertz CT molecular complexity index is 573. The molecule has 2 aromatic rings. The monoisotopic (exact) mass is 315 g/mol. The van der Waals surface area contributed by atoms with Crippen LogP contribution in [-0.4, -0.2) is 24.6 Å². The SMILES string of the molecule is CCCCNc1nc(C2(c3ccccc3)CCNCC2)cs1. The molecule has 3 rings (SSSR count). The lowest BCUT2D eigenvalue weighted by Crippen LogP contribution is -2.41. The summed E-state index contributed by atoms with van der Waals surface area (Å²) in [6.07, 6.45) is 4.65. The van der Waals surface area contributed by atoms with Gasteiger partial charge in [-0.15, -0.1) is 11.3 Å². The topological polar surface area (TPSA) is 37.0 Å². The van der Waals surface area contributed by atoms with Gasteiger partial charge in [-0.05, 0) is 37.9 Å². The molecule has 22 heavy (non-hydrogen) atoms. The molecule has 1 aromatic carbocycles. The third-order valence-corrected chi connectivity index (χ3v) is 5.38. The number of unbranched alkanes of at least 4 members (excludes halogenated alkanes) is 1. The average molecular weight is 315 g/mol. The summed E-state index contributed by atoms with van der Waals surface area (Å²) < 4.78 is 0. The Balaban J connectivity index is 1.87. The zero-order valence-electron chi connectivity index (χ0n) is 13.3. The lowest BCUT2D eigenvalue weighted by atomic mass is 9.71. The van der Waals surface area contributed by atoms with Gasteiger partial charge in [-0.2, -0.15) is 0 Å².